The molecule has 0 radical (unpaired) electrons. The van der Waals surface area contributed by atoms with Crippen LogP contribution in [-0.4, -0.2) is 23.8 Å². The number of fused-ring (bicyclic) bond motifs is 3. The van der Waals surface area contributed by atoms with Crippen molar-refractivity contribution in [3.63, 3.8) is 0 Å². The summed E-state index contributed by atoms with van der Waals surface area (Å²) in [6, 6.07) is 9.25. The number of benzene rings is 2. The molecule has 2 aromatic carbocycles. The van der Waals surface area contributed by atoms with Crippen molar-refractivity contribution in [3.8, 4) is 0 Å². The molecule has 0 saturated heterocycles. The number of rotatable bonds is 0. The zero-order chi connectivity index (χ0) is 12.2. The topological polar surface area (TPSA) is 37.4 Å². The van der Waals surface area contributed by atoms with Gasteiger partial charge in [0, 0.05) is 11.5 Å². The molecule has 3 rings (SSSR count). The molecular formula is C13H8BrNO2. The van der Waals surface area contributed by atoms with E-state index in [1.165, 1.54) is 7.05 Å². The van der Waals surface area contributed by atoms with Crippen LogP contribution in [0.1, 0.15) is 20.7 Å². The van der Waals surface area contributed by atoms with Crippen molar-refractivity contribution in [2.24, 2.45) is 0 Å². The van der Waals surface area contributed by atoms with Gasteiger partial charge in [0.15, 0.2) is 0 Å². The van der Waals surface area contributed by atoms with Crippen LogP contribution >= 0.6 is 15.9 Å². The lowest BCUT2D eigenvalue weighted by Crippen LogP contribution is -2.24. The van der Waals surface area contributed by atoms with E-state index in [0.29, 0.717) is 11.1 Å². The number of carbonyl (C=O) groups is 2. The molecular weight excluding hydrogens is 282 g/mol. The van der Waals surface area contributed by atoms with Crippen molar-refractivity contribution in [2.45, 2.75) is 0 Å². The van der Waals surface area contributed by atoms with Crippen LogP contribution in [0.4, 0.5) is 0 Å². The largest absolute Gasteiger partial charge is 0.277 e. The van der Waals surface area contributed by atoms with Crippen molar-refractivity contribution in [1.82, 2.24) is 4.90 Å². The van der Waals surface area contributed by atoms with Crippen LogP contribution in [-0.2, 0) is 0 Å². The maximum atomic E-state index is 12.0. The normalized spacial score (nSPS) is 14.6. The zero-order valence-electron chi connectivity index (χ0n) is 9.03. The van der Waals surface area contributed by atoms with E-state index in [-0.39, 0.29) is 11.8 Å². The van der Waals surface area contributed by atoms with Crippen LogP contribution in [0, 0.1) is 0 Å². The molecule has 1 aliphatic rings. The minimum Gasteiger partial charge on any atom is -0.277 e. The quantitative estimate of drug-likeness (QED) is 0.700. The summed E-state index contributed by atoms with van der Waals surface area (Å²) < 4.78 is 0.954. The van der Waals surface area contributed by atoms with E-state index in [4.69, 9.17) is 0 Å². The fourth-order valence-electron chi connectivity index (χ4n) is 2.15. The molecule has 1 aliphatic heterocycles. The third-order valence-electron chi connectivity index (χ3n) is 3.04. The van der Waals surface area contributed by atoms with Crippen molar-refractivity contribution in [3.05, 3.63) is 45.9 Å². The van der Waals surface area contributed by atoms with Gasteiger partial charge in [0.25, 0.3) is 11.8 Å². The first-order valence-corrected chi connectivity index (χ1v) is 5.93. The standard InChI is InChI=1S/C13H8BrNO2/c1-15-12(16)10-4-2-7-6-8(14)3-5-9(7)11(10)13(15)17/h2-6H,1H3. The lowest BCUT2D eigenvalue weighted by molar-refractivity contribution is 0.0693. The predicted molar refractivity (Wildman–Crippen MR) is 68.1 cm³/mol. The third-order valence-corrected chi connectivity index (χ3v) is 3.53. The number of carbonyl (C=O) groups excluding carboxylic acids is 2. The first-order valence-electron chi connectivity index (χ1n) is 5.14. The second kappa shape index (κ2) is 3.40. The molecule has 0 spiro atoms. The highest BCUT2D eigenvalue weighted by Gasteiger charge is 2.33. The Morgan fingerprint density at radius 2 is 1.82 bits per heavy atom. The molecule has 0 bridgehead atoms. The number of hydrogen-bond donors (Lipinski definition) is 0. The van der Waals surface area contributed by atoms with Crippen LogP contribution in [0.15, 0.2) is 34.8 Å². The van der Waals surface area contributed by atoms with E-state index >= 15 is 0 Å². The summed E-state index contributed by atoms with van der Waals surface area (Å²) >= 11 is 3.39. The molecule has 1 heterocycles. The Labute approximate surface area is 106 Å². The van der Waals surface area contributed by atoms with E-state index in [9.17, 15) is 9.59 Å². The van der Waals surface area contributed by atoms with Crippen LogP contribution in [0.3, 0.4) is 0 Å². The molecule has 0 fully saturated rings. The average Bonchev–Trinajstić information content (AvgIpc) is 2.54. The average molecular weight is 290 g/mol. The first kappa shape index (κ1) is 10.5. The first-order chi connectivity index (χ1) is 8.09. The van der Waals surface area contributed by atoms with Gasteiger partial charge in [-0.25, -0.2) is 0 Å². The molecule has 2 amide bonds. The highest BCUT2D eigenvalue weighted by molar-refractivity contribution is 9.10. The van der Waals surface area contributed by atoms with Crippen LogP contribution in [0.5, 0.6) is 0 Å². The molecule has 0 aromatic heterocycles. The molecule has 84 valence electrons. The molecule has 0 unspecified atom stereocenters. The minimum atomic E-state index is -0.227. The summed E-state index contributed by atoms with van der Waals surface area (Å²) in [6.07, 6.45) is 0. The molecule has 17 heavy (non-hydrogen) atoms. The second-order valence-corrected chi connectivity index (χ2v) is 4.94. The lowest BCUT2D eigenvalue weighted by atomic mass is 10.0. The molecule has 0 aliphatic carbocycles. The number of amides is 2. The van der Waals surface area contributed by atoms with Gasteiger partial charge in [-0.2, -0.15) is 0 Å². The summed E-state index contributed by atoms with van der Waals surface area (Å²) in [5.74, 6) is -0.451. The molecule has 4 heteroatoms. The Bertz CT molecular complexity index is 678. The van der Waals surface area contributed by atoms with Crippen molar-refractivity contribution >= 4 is 38.5 Å². The Morgan fingerprint density at radius 1 is 1.06 bits per heavy atom. The maximum absolute atomic E-state index is 12.0. The molecule has 0 saturated carbocycles. The lowest BCUT2D eigenvalue weighted by Gasteiger charge is -2.04. The monoisotopic (exact) mass is 289 g/mol. The summed E-state index contributed by atoms with van der Waals surface area (Å²) in [6.45, 7) is 0. The van der Waals surface area contributed by atoms with Crippen molar-refractivity contribution < 1.29 is 9.59 Å². The number of hydrogen-bond acceptors (Lipinski definition) is 2. The van der Waals surface area contributed by atoms with Gasteiger partial charge in [-0.05, 0) is 29.0 Å². The van der Waals surface area contributed by atoms with E-state index in [1.54, 1.807) is 6.07 Å². The SMILES string of the molecule is CN1C(=O)c2ccc3cc(Br)ccc3c2C1=O. The number of halogens is 1. The van der Waals surface area contributed by atoms with Gasteiger partial charge in [-0.3, -0.25) is 14.5 Å². The van der Waals surface area contributed by atoms with Crippen molar-refractivity contribution in [1.29, 1.82) is 0 Å². The van der Waals surface area contributed by atoms with E-state index in [1.807, 2.05) is 24.3 Å². The van der Waals surface area contributed by atoms with Gasteiger partial charge in [0.05, 0.1) is 11.1 Å². The summed E-state index contributed by atoms with van der Waals surface area (Å²) in [5, 5.41) is 1.78. The van der Waals surface area contributed by atoms with Crippen LogP contribution < -0.4 is 0 Å². The fraction of sp³-hybridized carbons (Fsp3) is 0.0769. The highest BCUT2D eigenvalue weighted by atomic mass is 79.9. The number of nitrogens with zero attached hydrogens (tertiary/aromatic N) is 1. The van der Waals surface area contributed by atoms with Gasteiger partial charge in [0.2, 0.25) is 0 Å². The van der Waals surface area contributed by atoms with Gasteiger partial charge in [-0.1, -0.05) is 28.1 Å². The maximum Gasteiger partial charge on any atom is 0.261 e. The number of imide groups is 1. The predicted octanol–water partition coefficient (Wildman–Crippen LogP) is 2.83. The zero-order valence-corrected chi connectivity index (χ0v) is 10.6. The third kappa shape index (κ3) is 1.34. The van der Waals surface area contributed by atoms with Gasteiger partial charge >= 0.3 is 0 Å². The van der Waals surface area contributed by atoms with Crippen LogP contribution in [0.2, 0.25) is 0 Å². The van der Waals surface area contributed by atoms with E-state index < -0.39 is 0 Å². The molecule has 0 atom stereocenters. The van der Waals surface area contributed by atoms with E-state index in [0.717, 1.165) is 20.1 Å². The highest BCUT2D eigenvalue weighted by Crippen LogP contribution is 2.30. The van der Waals surface area contributed by atoms with Crippen molar-refractivity contribution in [2.75, 3.05) is 7.05 Å². The van der Waals surface area contributed by atoms with Crippen LogP contribution in [0.25, 0.3) is 10.8 Å². The summed E-state index contributed by atoms with van der Waals surface area (Å²) in [4.78, 5) is 25.0. The molecule has 2 aromatic rings. The second-order valence-electron chi connectivity index (χ2n) is 4.02. The summed E-state index contributed by atoms with van der Waals surface area (Å²) in [5.41, 5.74) is 1.01. The Morgan fingerprint density at radius 3 is 2.59 bits per heavy atom. The molecule has 3 nitrogen and oxygen atoms in total. The van der Waals surface area contributed by atoms with E-state index in [2.05, 4.69) is 15.9 Å². The molecule has 0 N–H and O–H groups in total. The van der Waals surface area contributed by atoms with Gasteiger partial charge < -0.3 is 0 Å². The van der Waals surface area contributed by atoms with Gasteiger partial charge in [-0.15, -0.1) is 0 Å². The summed E-state index contributed by atoms with van der Waals surface area (Å²) in [7, 11) is 1.51. The smallest absolute Gasteiger partial charge is 0.261 e. The Hall–Kier alpha value is -1.68. The fourth-order valence-corrected chi connectivity index (χ4v) is 2.53. The minimum absolute atomic E-state index is 0.224. The Kier molecular flexibility index (Phi) is 2.10. The Balaban J connectivity index is 2.42. The van der Waals surface area contributed by atoms with Gasteiger partial charge in [0.1, 0.15) is 0 Å².